The molecule has 0 aliphatic heterocycles. The van der Waals surface area contributed by atoms with E-state index < -0.39 is 0 Å². The molecule has 2 aromatic heterocycles. The van der Waals surface area contributed by atoms with E-state index >= 15 is 0 Å². The highest BCUT2D eigenvalue weighted by atomic mass is 16.5. The van der Waals surface area contributed by atoms with Crippen LogP contribution in [0.4, 0.5) is 0 Å². The third-order valence-electron chi connectivity index (χ3n) is 6.18. The van der Waals surface area contributed by atoms with Gasteiger partial charge in [0.1, 0.15) is 5.82 Å². The maximum atomic E-state index is 13.5. The Morgan fingerprint density at radius 3 is 2.87 bits per heavy atom. The number of Topliss-reactive ketones (excluding diaryl/α,β-unsaturated/α-hetero) is 1. The summed E-state index contributed by atoms with van der Waals surface area (Å²) in [5.41, 5.74) is 4.82. The second kappa shape index (κ2) is 8.83. The van der Waals surface area contributed by atoms with Crippen LogP contribution in [0, 0.1) is 12.8 Å². The average molecular weight is 409 g/mol. The van der Waals surface area contributed by atoms with E-state index in [9.17, 15) is 9.59 Å². The Balaban J connectivity index is 1.54. The quantitative estimate of drug-likeness (QED) is 0.338. The summed E-state index contributed by atoms with van der Waals surface area (Å²) in [4.78, 5) is 28.9. The van der Waals surface area contributed by atoms with Crippen molar-refractivity contribution < 1.29 is 14.8 Å². The van der Waals surface area contributed by atoms with Crippen molar-refractivity contribution in [2.45, 2.75) is 58.5 Å². The van der Waals surface area contributed by atoms with Gasteiger partial charge < -0.3 is 9.13 Å². The number of ketones is 1. The van der Waals surface area contributed by atoms with Crippen molar-refractivity contribution in [3.8, 4) is 0 Å². The van der Waals surface area contributed by atoms with Crippen LogP contribution >= 0.6 is 0 Å². The molecule has 7 heteroatoms. The highest BCUT2D eigenvalue weighted by Crippen LogP contribution is 2.35. The molecule has 1 amide bonds. The SMILES string of the molecule is Cc1nccn1CC1CCc2c(c3ccccc3n2CCCCCC(=O)NO)C1=O. The normalized spacial score (nSPS) is 16.1. The number of aromatic nitrogens is 3. The number of nitrogens with zero attached hydrogens (tertiary/aromatic N) is 3. The first kappa shape index (κ1) is 20.3. The van der Waals surface area contributed by atoms with Crippen LogP contribution in [0.2, 0.25) is 0 Å². The van der Waals surface area contributed by atoms with E-state index in [0.29, 0.717) is 13.0 Å². The molecule has 2 N–H and O–H groups in total. The zero-order valence-corrected chi connectivity index (χ0v) is 17.3. The van der Waals surface area contributed by atoms with Gasteiger partial charge in [-0.25, -0.2) is 10.5 Å². The second-order valence-electron chi connectivity index (χ2n) is 8.06. The Kier molecular flexibility index (Phi) is 5.99. The van der Waals surface area contributed by atoms with Crippen LogP contribution in [0.5, 0.6) is 0 Å². The van der Waals surface area contributed by atoms with E-state index in [-0.39, 0.29) is 17.6 Å². The molecule has 0 radical (unpaired) electrons. The van der Waals surface area contributed by atoms with Crippen LogP contribution in [0.3, 0.4) is 0 Å². The topological polar surface area (TPSA) is 89.2 Å². The molecule has 0 spiro atoms. The average Bonchev–Trinajstić information content (AvgIpc) is 3.31. The minimum atomic E-state index is -0.344. The van der Waals surface area contributed by atoms with Gasteiger partial charge >= 0.3 is 0 Å². The van der Waals surface area contributed by atoms with Gasteiger partial charge in [-0.1, -0.05) is 24.6 Å². The molecule has 1 atom stereocenters. The van der Waals surface area contributed by atoms with Gasteiger partial charge in [-0.15, -0.1) is 0 Å². The minimum Gasteiger partial charge on any atom is -0.344 e. The fourth-order valence-electron chi connectivity index (χ4n) is 4.59. The van der Waals surface area contributed by atoms with Crippen LogP contribution in [0.15, 0.2) is 36.7 Å². The third kappa shape index (κ3) is 3.89. The first-order valence-electron chi connectivity index (χ1n) is 10.6. The van der Waals surface area contributed by atoms with Gasteiger partial charge in [0, 0.05) is 60.0 Å². The molecule has 2 heterocycles. The Morgan fingerprint density at radius 2 is 2.10 bits per heavy atom. The van der Waals surface area contributed by atoms with Crippen LogP contribution in [-0.4, -0.2) is 31.0 Å². The molecule has 4 rings (SSSR count). The van der Waals surface area contributed by atoms with E-state index in [0.717, 1.165) is 66.6 Å². The molecule has 1 unspecified atom stereocenters. The van der Waals surface area contributed by atoms with E-state index in [1.54, 1.807) is 11.7 Å². The molecular formula is C23H28N4O3. The maximum absolute atomic E-state index is 13.5. The Morgan fingerprint density at radius 1 is 1.27 bits per heavy atom. The van der Waals surface area contributed by atoms with Gasteiger partial charge in [0.2, 0.25) is 5.91 Å². The number of hydrogen-bond acceptors (Lipinski definition) is 4. The van der Waals surface area contributed by atoms with Crippen molar-refractivity contribution in [3.05, 3.63) is 53.7 Å². The number of hydroxylamine groups is 1. The van der Waals surface area contributed by atoms with Crippen molar-refractivity contribution in [2.75, 3.05) is 0 Å². The lowest BCUT2D eigenvalue weighted by Crippen LogP contribution is -2.27. The van der Waals surface area contributed by atoms with Gasteiger partial charge in [0.25, 0.3) is 0 Å². The summed E-state index contributed by atoms with van der Waals surface area (Å²) in [7, 11) is 0. The number of unbranched alkanes of at least 4 members (excludes halogenated alkanes) is 2. The summed E-state index contributed by atoms with van der Waals surface area (Å²) in [5.74, 6) is 0.801. The minimum absolute atomic E-state index is 0.0262. The standard InChI is InChI=1S/C23H28N4O3/c1-16-24-12-14-26(16)15-17-10-11-20-22(23(17)29)18-7-4-5-8-19(18)27(20)13-6-2-3-9-21(28)25-30/h4-5,7-8,12,14,17,30H,2-3,6,9-11,13,15H2,1H3,(H,25,28). The molecule has 3 aromatic rings. The zero-order chi connectivity index (χ0) is 21.1. The van der Waals surface area contributed by atoms with Crippen LogP contribution in [0.25, 0.3) is 10.9 Å². The van der Waals surface area contributed by atoms with E-state index in [2.05, 4.69) is 26.3 Å². The molecule has 0 saturated heterocycles. The Bertz CT molecular complexity index is 1070. The number of hydrogen-bond donors (Lipinski definition) is 2. The molecule has 1 aliphatic carbocycles. The van der Waals surface area contributed by atoms with Gasteiger partial charge in [-0.05, 0) is 38.7 Å². The van der Waals surface area contributed by atoms with Crippen molar-refractivity contribution >= 4 is 22.6 Å². The van der Waals surface area contributed by atoms with Crippen molar-refractivity contribution in [2.24, 2.45) is 5.92 Å². The highest BCUT2D eigenvalue weighted by molar-refractivity contribution is 6.11. The van der Waals surface area contributed by atoms with Gasteiger partial charge in [0.05, 0.1) is 0 Å². The number of aryl methyl sites for hydroxylation is 2. The second-order valence-corrected chi connectivity index (χ2v) is 8.06. The maximum Gasteiger partial charge on any atom is 0.243 e. The smallest absolute Gasteiger partial charge is 0.243 e. The number of imidazole rings is 1. The summed E-state index contributed by atoms with van der Waals surface area (Å²) < 4.78 is 4.36. The molecular weight excluding hydrogens is 380 g/mol. The van der Waals surface area contributed by atoms with E-state index in [1.807, 2.05) is 25.3 Å². The van der Waals surface area contributed by atoms with Gasteiger partial charge in [-0.2, -0.15) is 0 Å². The third-order valence-corrected chi connectivity index (χ3v) is 6.18. The number of amides is 1. The fraction of sp³-hybridized carbons (Fsp3) is 0.435. The number of carbonyl (C=O) groups excluding carboxylic acids is 2. The molecule has 30 heavy (non-hydrogen) atoms. The van der Waals surface area contributed by atoms with Crippen LogP contribution < -0.4 is 5.48 Å². The number of fused-ring (bicyclic) bond motifs is 3. The highest BCUT2D eigenvalue weighted by Gasteiger charge is 2.32. The summed E-state index contributed by atoms with van der Waals surface area (Å²) in [6.07, 6.45) is 8.34. The Labute approximate surface area is 175 Å². The number of rotatable bonds is 8. The fourth-order valence-corrected chi connectivity index (χ4v) is 4.59. The molecule has 1 aliphatic rings. The summed E-state index contributed by atoms with van der Waals surface area (Å²) in [6.45, 7) is 3.47. The van der Waals surface area contributed by atoms with Crippen LogP contribution in [-0.2, 0) is 24.3 Å². The summed E-state index contributed by atoms with van der Waals surface area (Å²) in [6, 6.07) is 8.16. The molecule has 158 valence electrons. The van der Waals surface area contributed by atoms with Crippen molar-refractivity contribution in [1.82, 2.24) is 19.6 Å². The van der Waals surface area contributed by atoms with Gasteiger partial charge in [-0.3, -0.25) is 14.8 Å². The molecule has 0 saturated carbocycles. The number of carbonyl (C=O) groups is 2. The lowest BCUT2D eigenvalue weighted by Gasteiger charge is -2.23. The summed E-state index contributed by atoms with van der Waals surface area (Å²) in [5, 5.41) is 9.64. The van der Waals surface area contributed by atoms with Gasteiger partial charge in [0.15, 0.2) is 5.78 Å². The van der Waals surface area contributed by atoms with Crippen molar-refractivity contribution in [3.63, 3.8) is 0 Å². The molecule has 1 aromatic carbocycles. The molecule has 7 nitrogen and oxygen atoms in total. The molecule has 0 bridgehead atoms. The Hall–Kier alpha value is -2.93. The number of nitrogens with one attached hydrogen (secondary N) is 1. The van der Waals surface area contributed by atoms with E-state index in [4.69, 9.17) is 5.21 Å². The summed E-state index contributed by atoms with van der Waals surface area (Å²) >= 11 is 0. The first-order chi connectivity index (χ1) is 14.6. The van der Waals surface area contributed by atoms with Crippen molar-refractivity contribution in [1.29, 1.82) is 0 Å². The van der Waals surface area contributed by atoms with E-state index in [1.165, 1.54) is 0 Å². The predicted octanol–water partition coefficient (Wildman–Crippen LogP) is 3.66. The monoisotopic (exact) mass is 408 g/mol. The lowest BCUT2D eigenvalue weighted by atomic mass is 9.85. The first-order valence-corrected chi connectivity index (χ1v) is 10.6. The number of benzene rings is 1. The van der Waals surface area contributed by atoms with Crippen LogP contribution in [0.1, 0.15) is 54.0 Å². The number of para-hydroxylation sites is 1. The predicted molar refractivity (Wildman–Crippen MR) is 113 cm³/mol. The molecule has 0 fully saturated rings. The zero-order valence-electron chi connectivity index (χ0n) is 17.3. The largest absolute Gasteiger partial charge is 0.344 e. The lowest BCUT2D eigenvalue weighted by molar-refractivity contribution is -0.129.